The molecule has 0 saturated carbocycles. The highest BCUT2D eigenvalue weighted by molar-refractivity contribution is 8.02. The van der Waals surface area contributed by atoms with Gasteiger partial charge in [-0.05, 0) is 37.1 Å². The van der Waals surface area contributed by atoms with Gasteiger partial charge in [0.2, 0.25) is 5.91 Å². The van der Waals surface area contributed by atoms with Crippen LogP contribution in [0.25, 0.3) is 0 Å². The van der Waals surface area contributed by atoms with Crippen molar-refractivity contribution in [1.82, 2.24) is 15.1 Å². The number of hydrogen-bond acceptors (Lipinski definition) is 6. The van der Waals surface area contributed by atoms with Gasteiger partial charge < -0.3 is 0 Å². The summed E-state index contributed by atoms with van der Waals surface area (Å²) in [5, 5.41) is 8.04. The molecule has 120 valence electrons. The number of rotatable bonds is 3. The summed E-state index contributed by atoms with van der Waals surface area (Å²) in [7, 11) is 0. The molecule has 2 amide bonds. The van der Waals surface area contributed by atoms with Crippen molar-refractivity contribution in [3.63, 3.8) is 0 Å². The minimum atomic E-state index is -0.290. The predicted molar refractivity (Wildman–Crippen MR) is 90.9 cm³/mol. The number of carbonyl (C=O) groups excluding carboxylic acids is 2. The molecular weight excluding hydrogens is 354 g/mol. The average molecular weight is 368 g/mol. The lowest BCUT2D eigenvalue weighted by Gasteiger charge is -2.22. The number of thioether (sulfide) groups is 1. The molecule has 1 aromatic carbocycles. The van der Waals surface area contributed by atoms with Crippen LogP contribution in [0.1, 0.15) is 29.6 Å². The molecule has 1 saturated heterocycles. The Labute approximate surface area is 147 Å². The minimum absolute atomic E-state index is 0.150. The number of halogens is 1. The molecule has 23 heavy (non-hydrogen) atoms. The van der Waals surface area contributed by atoms with Gasteiger partial charge in [0.1, 0.15) is 5.51 Å². The first-order chi connectivity index (χ1) is 11.1. The Morgan fingerprint density at radius 2 is 2.09 bits per heavy atom. The summed E-state index contributed by atoms with van der Waals surface area (Å²) in [5.41, 5.74) is 2.12. The molecule has 0 radical (unpaired) electrons. The van der Waals surface area contributed by atoms with Crippen LogP contribution in [0.2, 0.25) is 5.02 Å². The molecule has 1 fully saturated rings. The highest BCUT2D eigenvalue weighted by atomic mass is 35.5. The fourth-order valence-corrected chi connectivity index (χ4v) is 4.36. The summed E-state index contributed by atoms with van der Waals surface area (Å²) in [4.78, 5) is 26.8. The average Bonchev–Trinajstić information content (AvgIpc) is 2.99. The third-order valence-corrected chi connectivity index (χ3v) is 5.88. The molecule has 0 unspecified atom stereocenters. The van der Waals surface area contributed by atoms with Gasteiger partial charge in [-0.3, -0.25) is 14.5 Å². The summed E-state index contributed by atoms with van der Waals surface area (Å²) < 4.78 is 0.754. The zero-order chi connectivity index (χ0) is 16.2. The van der Waals surface area contributed by atoms with E-state index in [4.69, 9.17) is 11.6 Å². The summed E-state index contributed by atoms with van der Waals surface area (Å²) >= 11 is 8.65. The van der Waals surface area contributed by atoms with Gasteiger partial charge in [-0.1, -0.05) is 41.1 Å². The van der Waals surface area contributed by atoms with Crippen LogP contribution in [-0.4, -0.2) is 38.7 Å². The van der Waals surface area contributed by atoms with Crippen molar-refractivity contribution < 1.29 is 9.59 Å². The molecule has 8 heteroatoms. The Kier molecular flexibility index (Phi) is 5.30. The van der Waals surface area contributed by atoms with Crippen LogP contribution < -0.4 is 0 Å². The van der Waals surface area contributed by atoms with Crippen LogP contribution in [-0.2, 0) is 4.79 Å². The van der Waals surface area contributed by atoms with Gasteiger partial charge in [0.05, 0.1) is 5.25 Å². The van der Waals surface area contributed by atoms with E-state index in [1.54, 1.807) is 29.8 Å². The van der Waals surface area contributed by atoms with Gasteiger partial charge in [0.25, 0.3) is 5.91 Å². The van der Waals surface area contributed by atoms with Crippen molar-refractivity contribution in [3.05, 3.63) is 40.4 Å². The molecule has 0 spiro atoms. The first-order valence-electron chi connectivity index (χ1n) is 7.19. The number of nitrogens with zero attached hydrogens (tertiary/aromatic N) is 3. The monoisotopic (exact) mass is 367 g/mol. The normalized spacial score (nSPS) is 18.7. The fourth-order valence-electron chi connectivity index (χ4n) is 2.40. The Balaban J connectivity index is 1.78. The molecule has 1 aliphatic heterocycles. The van der Waals surface area contributed by atoms with E-state index in [0.717, 1.165) is 23.6 Å². The van der Waals surface area contributed by atoms with Crippen LogP contribution >= 0.6 is 34.7 Å². The molecule has 1 atom stereocenters. The topological polar surface area (TPSA) is 63.2 Å². The number of likely N-dealkylation sites (tertiary alicyclic amines) is 1. The van der Waals surface area contributed by atoms with E-state index in [1.165, 1.54) is 28.0 Å². The second kappa shape index (κ2) is 7.42. The van der Waals surface area contributed by atoms with Crippen molar-refractivity contribution in [2.45, 2.75) is 28.9 Å². The number of carbonyl (C=O) groups is 2. The summed E-state index contributed by atoms with van der Waals surface area (Å²) in [6.07, 6.45) is 2.47. The van der Waals surface area contributed by atoms with Gasteiger partial charge in [0, 0.05) is 17.1 Å². The van der Waals surface area contributed by atoms with Crippen molar-refractivity contribution in [2.24, 2.45) is 0 Å². The number of amides is 2. The Bertz CT molecular complexity index is 691. The van der Waals surface area contributed by atoms with Crippen LogP contribution in [0.3, 0.4) is 0 Å². The summed E-state index contributed by atoms with van der Waals surface area (Å²) in [5.74, 6) is -0.418. The molecule has 3 rings (SSSR count). The maximum absolute atomic E-state index is 12.8. The molecule has 5 nitrogen and oxygen atoms in total. The van der Waals surface area contributed by atoms with E-state index < -0.39 is 0 Å². The molecule has 2 heterocycles. The van der Waals surface area contributed by atoms with Crippen LogP contribution in [0.5, 0.6) is 0 Å². The van der Waals surface area contributed by atoms with Gasteiger partial charge in [-0.25, -0.2) is 0 Å². The van der Waals surface area contributed by atoms with Crippen LogP contribution in [0.15, 0.2) is 34.1 Å². The number of imide groups is 1. The number of aromatic nitrogens is 2. The van der Waals surface area contributed by atoms with Crippen LogP contribution in [0.4, 0.5) is 0 Å². The van der Waals surface area contributed by atoms with Crippen molar-refractivity contribution in [3.8, 4) is 0 Å². The molecule has 0 aliphatic carbocycles. The molecule has 1 aliphatic rings. The van der Waals surface area contributed by atoms with Crippen molar-refractivity contribution in [2.75, 3.05) is 6.54 Å². The minimum Gasteiger partial charge on any atom is -0.278 e. The lowest BCUT2D eigenvalue weighted by Crippen LogP contribution is -2.41. The smallest absolute Gasteiger partial charge is 0.260 e. The van der Waals surface area contributed by atoms with Crippen molar-refractivity contribution in [1.29, 1.82) is 0 Å². The lowest BCUT2D eigenvalue weighted by molar-refractivity contribution is -0.127. The first kappa shape index (κ1) is 16.4. The zero-order valence-electron chi connectivity index (χ0n) is 12.1. The molecule has 2 aromatic rings. The standard InChI is InChI=1S/C15H14ClN3O2S2/c16-11-6-4-10(5-7-11)13(20)19-8-2-1-3-12(14(19)21)23-15-18-17-9-22-15/h4-7,9,12H,1-3,8H2/t12-/m1/s1. The highest BCUT2D eigenvalue weighted by Gasteiger charge is 2.32. The Morgan fingerprint density at radius 1 is 1.30 bits per heavy atom. The second-order valence-electron chi connectivity index (χ2n) is 5.11. The van der Waals surface area contributed by atoms with E-state index in [1.807, 2.05) is 0 Å². The molecule has 0 bridgehead atoms. The SMILES string of the molecule is O=C(c1ccc(Cl)cc1)N1CCCC[C@@H](Sc2nncs2)C1=O. The first-order valence-corrected chi connectivity index (χ1v) is 9.33. The maximum Gasteiger partial charge on any atom is 0.260 e. The Hall–Kier alpha value is -1.44. The van der Waals surface area contributed by atoms with Gasteiger partial charge in [0.15, 0.2) is 4.34 Å². The molecule has 1 aromatic heterocycles. The van der Waals surface area contributed by atoms with E-state index in [0.29, 0.717) is 17.1 Å². The third kappa shape index (κ3) is 3.91. The van der Waals surface area contributed by atoms with Crippen molar-refractivity contribution >= 4 is 46.5 Å². The lowest BCUT2D eigenvalue weighted by atomic mass is 10.2. The summed E-state index contributed by atoms with van der Waals surface area (Å²) in [6.45, 7) is 0.452. The molecule has 0 N–H and O–H groups in total. The third-order valence-electron chi connectivity index (χ3n) is 3.56. The van der Waals surface area contributed by atoms with Crippen LogP contribution in [0, 0.1) is 0 Å². The van der Waals surface area contributed by atoms with E-state index in [2.05, 4.69) is 10.2 Å². The Morgan fingerprint density at radius 3 is 2.78 bits per heavy atom. The molecular formula is C15H14ClN3O2S2. The number of hydrogen-bond donors (Lipinski definition) is 0. The maximum atomic E-state index is 12.8. The van der Waals surface area contributed by atoms with E-state index >= 15 is 0 Å². The summed E-state index contributed by atoms with van der Waals surface area (Å²) in [6, 6.07) is 6.61. The fraction of sp³-hybridized carbons (Fsp3) is 0.333. The highest BCUT2D eigenvalue weighted by Crippen LogP contribution is 2.31. The zero-order valence-corrected chi connectivity index (χ0v) is 14.5. The van der Waals surface area contributed by atoms with E-state index in [-0.39, 0.29) is 17.1 Å². The van der Waals surface area contributed by atoms with E-state index in [9.17, 15) is 9.59 Å². The largest absolute Gasteiger partial charge is 0.278 e. The number of benzene rings is 1. The second-order valence-corrected chi connectivity index (χ2v) is 7.83. The van der Waals surface area contributed by atoms with Gasteiger partial charge >= 0.3 is 0 Å². The van der Waals surface area contributed by atoms with Gasteiger partial charge in [-0.15, -0.1) is 10.2 Å². The van der Waals surface area contributed by atoms with Gasteiger partial charge in [-0.2, -0.15) is 0 Å². The quantitative estimate of drug-likeness (QED) is 0.777. The predicted octanol–water partition coefficient (Wildman–Crippen LogP) is 3.51.